The summed E-state index contributed by atoms with van der Waals surface area (Å²) in [6.45, 7) is 4.60. The number of likely N-dealkylation sites (N-methyl/N-ethyl adjacent to an activating group) is 1. The van der Waals surface area contributed by atoms with Gasteiger partial charge in [0.1, 0.15) is 0 Å². The maximum atomic E-state index is 13.7. The van der Waals surface area contributed by atoms with Crippen LogP contribution in [0.25, 0.3) is 5.57 Å². The molecule has 1 unspecified atom stereocenters. The standard InChI is InChI=1S/C25H27F3N2O3/c1-2-30-13-17-12-18(22(25(31)32)21(14-30)29-17)16-7-5-15(6-8-16)4-3-11-33-24-20(27)10-9-19(26)23(24)28/h5-10,17,21,29H,2-4,11-14H2,1H3,(H,31,32)/t17?,21-/m1/s1. The minimum Gasteiger partial charge on any atom is -0.488 e. The third-order valence-electron chi connectivity index (χ3n) is 6.32. The number of carbonyl (C=O) groups is 1. The lowest BCUT2D eigenvalue weighted by Gasteiger charge is -2.43. The molecular formula is C25H27F3N2O3. The molecule has 2 heterocycles. The molecule has 176 valence electrons. The summed E-state index contributed by atoms with van der Waals surface area (Å²) in [6.07, 6.45) is 1.74. The van der Waals surface area contributed by atoms with E-state index < -0.39 is 29.2 Å². The van der Waals surface area contributed by atoms with Crippen molar-refractivity contribution in [2.24, 2.45) is 0 Å². The number of hydrogen-bond acceptors (Lipinski definition) is 4. The second-order valence-corrected chi connectivity index (χ2v) is 8.49. The van der Waals surface area contributed by atoms with E-state index in [2.05, 4.69) is 17.1 Å². The van der Waals surface area contributed by atoms with Crippen molar-refractivity contribution in [1.82, 2.24) is 10.2 Å². The van der Waals surface area contributed by atoms with E-state index in [1.807, 2.05) is 24.3 Å². The number of nitrogens with zero attached hydrogens (tertiary/aromatic N) is 1. The molecule has 8 heteroatoms. The Morgan fingerprint density at radius 3 is 2.55 bits per heavy atom. The van der Waals surface area contributed by atoms with Gasteiger partial charge in [0.05, 0.1) is 18.2 Å². The van der Waals surface area contributed by atoms with Crippen molar-refractivity contribution in [2.75, 3.05) is 26.2 Å². The zero-order valence-electron chi connectivity index (χ0n) is 18.4. The number of piperazine rings is 1. The van der Waals surface area contributed by atoms with Crippen LogP contribution in [0.3, 0.4) is 0 Å². The molecule has 1 saturated heterocycles. The molecule has 2 aromatic carbocycles. The van der Waals surface area contributed by atoms with Gasteiger partial charge in [-0.15, -0.1) is 0 Å². The molecule has 4 rings (SSSR count). The van der Waals surface area contributed by atoms with E-state index in [-0.39, 0.29) is 18.7 Å². The van der Waals surface area contributed by atoms with Crippen LogP contribution in [0.5, 0.6) is 5.75 Å². The minimum absolute atomic E-state index is 0.0380. The molecule has 2 aromatic rings. The summed E-state index contributed by atoms with van der Waals surface area (Å²) in [7, 11) is 0. The highest BCUT2D eigenvalue weighted by Gasteiger charge is 2.37. The molecular weight excluding hydrogens is 433 g/mol. The van der Waals surface area contributed by atoms with E-state index in [9.17, 15) is 23.1 Å². The summed E-state index contributed by atoms with van der Waals surface area (Å²) >= 11 is 0. The highest BCUT2D eigenvalue weighted by molar-refractivity contribution is 5.98. The highest BCUT2D eigenvalue weighted by Crippen LogP contribution is 2.33. The van der Waals surface area contributed by atoms with E-state index in [1.54, 1.807) is 0 Å². The van der Waals surface area contributed by atoms with Crippen molar-refractivity contribution in [1.29, 1.82) is 0 Å². The van der Waals surface area contributed by atoms with Crippen molar-refractivity contribution < 1.29 is 27.8 Å². The van der Waals surface area contributed by atoms with Gasteiger partial charge in [-0.05, 0) is 54.6 Å². The van der Waals surface area contributed by atoms with Gasteiger partial charge in [-0.25, -0.2) is 13.6 Å². The van der Waals surface area contributed by atoms with E-state index >= 15 is 0 Å². The summed E-state index contributed by atoms with van der Waals surface area (Å²) in [5.41, 5.74) is 3.20. The number of benzene rings is 2. The Labute approximate surface area is 190 Å². The summed E-state index contributed by atoms with van der Waals surface area (Å²) in [5.74, 6) is -5.00. The van der Waals surface area contributed by atoms with E-state index in [1.165, 1.54) is 0 Å². The topological polar surface area (TPSA) is 61.8 Å². The molecule has 2 N–H and O–H groups in total. The molecule has 0 spiro atoms. The van der Waals surface area contributed by atoms with Gasteiger partial charge in [0, 0.05) is 19.1 Å². The number of halogens is 3. The molecule has 5 nitrogen and oxygen atoms in total. The average molecular weight is 460 g/mol. The van der Waals surface area contributed by atoms with Crippen molar-refractivity contribution in [3.8, 4) is 5.75 Å². The third kappa shape index (κ3) is 5.07. The summed E-state index contributed by atoms with van der Waals surface area (Å²) in [5, 5.41) is 13.3. The van der Waals surface area contributed by atoms with Crippen LogP contribution in [0.4, 0.5) is 13.2 Å². The van der Waals surface area contributed by atoms with Crippen LogP contribution in [0, 0.1) is 17.5 Å². The van der Waals surface area contributed by atoms with E-state index in [0.717, 1.165) is 41.9 Å². The Kier molecular flexibility index (Phi) is 7.05. The molecule has 1 fully saturated rings. The van der Waals surface area contributed by atoms with Crippen LogP contribution in [-0.4, -0.2) is 54.3 Å². The van der Waals surface area contributed by atoms with E-state index in [4.69, 9.17) is 4.74 Å². The van der Waals surface area contributed by atoms with Crippen LogP contribution < -0.4 is 10.1 Å². The fourth-order valence-electron chi connectivity index (χ4n) is 4.67. The lowest BCUT2D eigenvalue weighted by atomic mass is 9.83. The van der Waals surface area contributed by atoms with Crippen LogP contribution >= 0.6 is 0 Å². The van der Waals surface area contributed by atoms with Gasteiger partial charge in [0.15, 0.2) is 17.4 Å². The van der Waals surface area contributed by atoms with Crippen LogP contribution in [-0.2, 0) is 11.2 Å². The van der Waals surface area contributed by atoms with Gasteiger partial charge >= 0.3 is 5.97 Å². The van der Waals surface area contributed by atoms with Gasteiger partial charge in [-0.3, -0.25) is 0 Å². The van der Waals surface area contributed by atoms with Gasteiger partial charge in [-0.2, -0.15) is 4.39 Å². The fraction of sp³-hybridized carbons (Fsp3) is 0.400. The molecule has 0 aromatic heterocycles. The molecule has 0 radical (unpaired) electrons. The SMILES string of the molecule is CCN1CC2CC(c3ccc(CCCOc4c(F)ccc(F)c4F)cc3)=C(C(=O)O)[C@@H](C1)N2. The van der Waals surface area contributed by atoms with Crippen LogP contribution in [0.15, 0.2) is 42.0 Å². The number of nitrogens with one attached hydrogen (secondary N) is 1. The summed E-state index contributed by atoms with van der Waals surface area (Å²) < 4.78 is 45.6. The average Bonchev–Trinajstić information content (AvgIpc) is 2.80. The maximum absolute atomic E-state index is 13.7. The number of aryl methyl sites for hydroxylation is 1. The van der Waals surface area contributed by atoms with E-state index in [0.29, 0.717) is 31.4 Å². The molecule has 2 aliphatic rings. The molecule has 33 heavy (non-hydrogen) atoms. The maximum Gasteiger partial charge on any atom is 0.333 e. The number of rotatable bonds is 8. The summed E-state index contributed by atoms with van der Waals surface area (Å²) in [4.78, 5) is 14.3. The minimum atomic E-state index is -1.32. The van der Waals surface area contributed by atoms with Gasteiger partial charge in [-0.1, -0.05) is 31.2 Å². The zero-order chi connectivity index (χ0) is 23.5. The predicted octanol–water partition coefficient (Wildman–Crippen LogP) is 4.02. The number of fused-ring (bicyclic) bond motifs is 2. The quantitative estimate of drug-likeness (QED) is 0.460. The monoisotopic (exact) mass is 460 g/mol. The Morgan fingerprint density at radius 1 is 1.12 bits per heavy atom. The number of aliphatic carboxylic acids is 1. The summed E-state index contributed by atoms with van der Waals surface area (Å²) in [6, 6.07) is 9.31. The Hall–Kier alpha value is -2.84. The van der Waals surface area contributed by atoms with Crippen molar-refractivity contribution in [3.63, 3.8) is 0 Å². The Bertz CT molecular complexity index is 1060. The molecule has 2 atom stereocenters. The first kappa shape index (κ1) is 23.3. The zero-order valence-corrected chi connectivity index (χ0v) is 18.4. The number of ether oxygens (including phenoxy) is 1. The first-order valence-corrected chi connectivity index (χ1v) is 11.2. The number of hydrogen-bond donors (Lipinski definition) is 2. The van der Waals surface area contributed by atoms with Crippen LogP contribution in [0.2, 0.25) is 0 Å². The van der Waals surface area contributed by atoms with Crippen LogP contribution in [0.1, 0.15) is 30.9 Å². The molecule has 0 amide bonds. The third-order valence-corrected chi connectivity index (χ3v) is 6.32. The smallest absolute Gasteiger partial charge is 0.333 e. The van der Waals surface area contributed by atoms with Gasteiger partial charge in [0.2, 0.25) is 5.82 Å². The van der Waals surface area contributed by atoms with Gasteiger partial charge < -0.3 is 20.1 Å². The highest BCUT2D eigenvalue weighted by atomic mass is 19.2. The molecule has 0 aliphatic carbocycles. The van der Waals surface area contributed by atoms with Crippen molar-refractivity contribution in [3.05, 3.63) is 70.5 Å². The predicted molar refractivity (Wildman–Crippen MR) is 119 cm³/mol. The van der Waals surface area contributed by atoms with Crippen molar-refractivity contribution in [2.45, 2.75) is 38.3 Å². The lowest BCUT2D eigenvalue weighted by Crippen LogP contribution is -2.60. The Morgan fingerprint density at radius 2 is 1.85 bits per heavy atom. The normalized spacial score (nSPS) is 20.7. The number of carboxylic acid groups (broad SMARTS) is 1. The first-order chi connectivity index (χ1) is 15.9. The second-order valence-electron chi connectivity index (χ2n) is 8.49. The van der Waals surface area contributed by atoms with Crippen molar-refractivity contribution >= 4 is 11.5 Å². The molecule has 2 bridgehead atoms. The van der Waals surface area contributed by atoms with Gasteiger partial charge in [0.25, 0.3) is 0 Å². The fourth-order valence-corrected chi connectivity index (χ4v) is 4.67. The first-order valence-electron chi connectivity index (χ1n) is 11.2. The second kappa shape index (κ2) is 9.97. The number of carboxylic acids is 1. The molecule has 2 aliphatic heterocycles. The lowest BCUT2D eigenvalue weighted by molar-refractivity contribution is -0.133. The molecule has 0 saturated carbocycles. The Balaban J connectivity index is 1.41. The largest absolute Gasteiger partial charge is 0.488 e.